The van der Waals surface area contributed by atoms with Crippen molar-refractivity contribution in [3.8, 4) is 5.75 Å². The highest BCUT2D eigenvalue weighted by molar-refractivity contribution is 7.89. The molecule has 1 saturated heterocycles. The molecule has 6 nitrogen and oxygen atoms in total. The van der Waals surface area contributed by atoms with Gasteiger partial charge in [0, 0.05) is 24.3 Å². The molecule has 2 aromatic carbocycles. The summed E-state index contributed by atoms with van der Waals surface area (Å²) in [6.45, 7) is 6.84. The maximum Gasteiger partial charge on any atom is 0.255 e. The highest BCUT2D eigenvalue weighted by Gasteiger charge is 2.28. The second kappa shape index (κ2) is 8.58. The Bertz CT molecular complexity index is 962. The Morgan fingerprint density at radius 3 is 2.50 bits per heavy atom. The van der Waals surface area contributed by atoms with Crippen molar-refractivity contribution in [3.05, 3.63) is 66.2 Å². The number of amides is 1. The van der Waals surface area contributed by atoms with E-state index in [4.69, 9.17) is 4.74 Å². The van der Waals surface area contributed by atoms with E-state index in [1.54, 1.807) is 49.4 Å². The fourth-order valence-corrected chi connectivity index (χ4v) is 4.62. The normalized spacial score (nSPS) is 14.6. The summed E-state index contributed by atoms with van der Waals surface area (Å²) in [6.07, 6.45) is 3.39. The molecular formula is C21H24N2O4S. The van der Waals surface area contributed by atoms with E-state index in [2.05, 4.69) is 11.9 Å². The first kappa shape index (κ1) is 20.1. The van der Waals surface area contributed by atoms with E-state index in [-0.39, 0.29) is 10.8 Å². The number of carbonyl (C=O) groups excluding carboxylic acids is 1. The van der Waals surface area contributed by atoms with Crippen LogP contribution in [0.2, 0.25) is 0 Å². The van der Waals surface area contributed by atoms with Crippen molar-refractivity contribution in [2.75, 3.05) is 25.0 Å². The van der Waals surface area contributed by atoms with Gasteiger partial charge in [0.2, 0.25) is 10.0 Å². The molecule has 0 bridgehead atoms. The number of nitrogens with zero attached hydrogens (tertiary/aromatic N) is 1. The van der Waals surface area contributed by atoms with Crippen LogP contribution in [0.3, 0.4) is 0 Å². The van der Waals surface area contributed by atoms with Gasteiger partial charge in [0.1, 0.15) is 12.4 Å². The number of hydrogen-bond acceptors (Lipinski definition) is 4. The highest BCUT2D eigenvalue weighted by atomic mass is 32.2. The smallest absolute Gasteiger partial charge is 0.255 e. The van der Waals surface area contributed by atoms with Crippen LogP contribution in [-0.2, 0) is 10.0 Å². The maximum atomic E-state index is 12.8. The minimum absolute atomic E-state index is 0.151. The number of carbonyl (C=O) groups is 1. The van der Waals surface area contributed by atoms with Gasteiger partial charge in [-0.05, 0) is 61.7 Å². The van der Waals surface area contributed by atoms with E-state index in [1.165, 1.54) is 10.4 Å². The fraction of sp³-hybridized carbons (Fsp3) is 0.286. The number of hydrogen-bond donors (Lipinski definition) is 1. The van der Waals surface area contributed by atoms with E-state index in [9.17, 15) is 13.2 Å². The molecule has 1 aliphatic rings. The number of rotatable bonds is 7. The molecule has 0 spiro atoms. The molecule has 1 N–H and O–H groups in total. The summed E-state index contributed by atoms with van der Waals surface area (Å²) in [4.78, 5) is 12.9. The SMILES string of the molecule is C=CCOc1ccc(NC(=O)c2cc(S(=O)(=O)N3CCCC3)ccc2C)cc1. The molecule has 1 fully saturated rings. The summed E-state index contributed by atoms with van der Waals surface area (Å²) in [5.41, 5.74) is 1.65. The zero-order chi connectivity index (χ0) is 20.1. The molecule has 0 radical (unpaired) electrons. The van der Waals surface area contributed by atoms with Crippen molar-refractivity contribution in [1.82, 2.24) is 4.31 Å². The lowest BCUT2D eigenvalue weighted by molar-refractivity contribution is 0.102. The number of sulfonamides is 1. The Morgan fingerprint density at radius 2 is 1.86 bits per heavy atom. The van der Waals surface area contributed by atoms with Crippen molar-refractivity contribution in [2.45, 2.75) is 24.7 Å². The Labute approximate surface area is 165 Å². The van der Waals surface area contributed by atoms with Gasteiger partial charge in [-0.3, -0.25) is 4.79 Å². The second-order valence-corrected chi connectivity index (χ2v) is 8.60. The van der Waals surface area contributed by atoms with Crippen LogP contribution in [-0.4, -0.2) is 38.3 Å². The standard InChI is InChI=1S/C21H24N2O4S/c1-3-14-27-18-9-7-17(8-10-18)22-21(24)20-15-19(11-6-16(20)2)28(25,26)23-12-4-5-13-23/h3,6-11,15H,1,4-5,12-14H2,2H3,(H,22,24). The van der Waals surface area contributed by atoms with Crippen LogP contribution in [0.25, 0.3) is 0 Å². The molecule has 0 aliphatic carbocycles. The van der Waals surface area contributed by atoms with Crippen molar-refractivity contribution in [3.63, 3.8) is 0 Å². The average Bonchev–Trinajstić information content (AvgIpc) is 3.23. The van der Waals surface area contributed by atoms with Gasteiger partial charge in [0.15, 0.2) is 0 Å². The average molecular weight is 401 g/mol. The second-order valence-electron chi connectivity index (χ2n) is 6.67. The van der Waals surface area contributed by atoms with Gasteiger partial charge in [-0.15, -0.1) is 0 Å². The maximum absolute atomic E-state index is 12.8. The molecule has 1 heterocycles. The van der Waals surface area contributed by atoms with Gasteiger partial charge in [0.05, 0.1) is 4.90 Å². The minimum Gasteiger partial charge on any atom is -0.490 e. The summed E-state index contributed by atoms with van der Waals surface area (Å²) in [6, 6.07) is 11.7. The van der Waals surface area contributed by atoms with Gasteiger partial charge in [0.25, 0.3) is 5.91 Å². The number of anilines is 1. The zero-order valence-corrected chi connectivity index (χ0v) is 16.7. The van der Waals surface area contributed by atoms with Crippen LogP contribution in [0.1, 0.15) is 28.8 Å². The van der Waals surface area contributed by atoms with E-state index >= 15 is 0 Å². The Hall–Kier alpha value is -2.64. The van der Waals surface area contributed by atoms with E-state index in [0.29, 0.717) is 42.3 Å². The lowest BCUT2D eigenvalue weighted by atomic mass is 10.1. The monoisotopic (exact) mass is 400 g/mol. The van der Waals surface area contributed by atoms with Gasteiger partial charge in [-0.2, -0.15) is 4.31 Å². The number of aryl methyl sites for hydroxylation is 1. The van der Waals surface area contributed by atoms with Crippen LogP contribution in [0.4, 0.5) is 5.69 Å². The summed E-state index contributed by atoms with van der Waals surface area (Å²) < 4.78 is 32.4. The summed E-state index contributed by atoms with van der Waals surface area (Å²) in [7, 11) is -3.57. The quantitative estimate of drug-likeness (QED) is 0.721. The summed E-state index contributed by atoms with van der Waals surface area (Å²) in [5, 5.41) is 2.81. The molecule has 2 aromatic rings. The first-order valence-electron chi connectivity index (χ1n) is 9.18. The van der Waals surface area contributed by atoms with E-state index in [0.717, 1.165) is 12.8 Å². The fourth-order valence-electron chi connectivity index (χ4n) is 3.07. The topological polar surface area (TPSA) is 75.7 Å². The highest BCUT2D eigenvalue weighted by Crippen LogP contribution is 2.24. The van der Waals surface area contributed by atoms with Gasteiger partial charge in [-0.1, -0.05) is 18.7 Å². The molecule has 7 heteroatoms. The third-order valence-corrected chi connectivity index (χ3v) is 6.53. The first-order chi connectivity index (χ1) is 13.4. The van der Waals surface area contributed by atoms with Crippen LogP contribution in [0.15, 0.2) is 60.0 Å². The molecule has 0 saturated carbocycles. The molecule has 3 rings (SSSR count). The summed E-state index contributed by atoms with van der Waals surface area (Å²) >= 11 is 0. The largest absolute Gasteiger partial charge is 0.490 e. The molecule has 1 amide bonds. The third kappa shape index (κ3) is 4.43. The molecule has 0 aromatic heterocycles. The van der Waals surface area contributed by atoms with Crippen LogP contribution >= 0.6 is 0 Å². The zero-order valence-electron chi connectivity index (χ0n) is 15.8. The third-order valence-electron chi connectivity index (χ3n) is 4.64. The van der Waals surface area contributed by atoms with Crippen molar-refractivity contribution in [1.29, 1.82) is 0 Å². The predicted octanol–water partition coefficient (Wildman–Crippen LogP) is 3.60. The number of ether oxygens (including phenoxy) is 1. The van der Waals surface area contributed by atoms with Crippen LogP contribution < -0.4 is 10.1 Å². The van der Waals surface area contributed by atoms with Crippen LogP contribution in [0.5, 0.6) is 5.75 Å². The van der Waals surface area contributed by atoms with Gasteiger partial charge in [-0.25, -0.2) is 8.42 Å². The molecule has 0 unspecified atom stereocenters. The molecular weight excluding hydrogens is 376 g/mol. The lowest BCUT2D eigenvalue weighted by Crippen LogP contribution is -2.28. The van der Waals surface area contributed by atoms with Gasteiger partial charge < -0.3 is 10.1 Å². The van der Waals surface area contributed by atoms with Gasteiger partial charge >= 0.3 is 0 Å². The van der Waals surface area contributed by atoms with Crippen molar-refractivity contribution >= 4 is 21.6 Å². The minimum atomic E-state index is -3.57. The molecule has 1 aliphatic heterocycles. The summed E-state index contributed by atoms with van der Waals surface area (Å²) in [5.74, 6) is 0.323. The van der Waals surface area contributed by atoms with Crippen molar-refractivity contribution in [2.24, 2.45) is 0 Å². The molecule has 0 atom stereocenters. The van der Waals surface area contributed by atoms with E-state index < -0.39 is 10.0 Å². The Kier molecular flexibility index (Phi) is 6.16. The molecule has 28 heavy (non-hydrogen) atoms. The first-order valence-corrected chi connectivity index (χ1v) is 10.6. The number of nitrogens with one attached hydrogen (secondary N) is 1. The van der Waals surface area contributed by atoms with Crippen LogP contribution in [0, 0.1) is 6.92 Å². The lowest BCUT2D eigenvalue weighted by Gasteiger charge is -2.17. The van der Waals surface area contributed by atoms with Crippen molar-refractivity contribution < 1.29 is 17.9 Å². The Balaban J connectivity index is 1.79. The predicted molar refractivity (Wildman–Crippen MR) is 109 cm³/mol. The van der Waals surface area contributed by atoms with E-state index in [1.807, 2.05) is 0 Å². The number of benzene rings is 2. The Morgan fingerprint density at radius 1 is 1.18 bits per heavy atom. The molecule has 148 valence electrons.